The monoisotopic (exact) mass is 448 g/mol. The first-order valence-corrected chi connectivity index (χ1v) is 11.6. The molecule has 0 unspecified atom stereocenters. The number of rotatable bonds is 7. The number of nitro groups is 1. The molecule has 1 saturated heterocycles. The molecule has 31 heavy (non-hydrogen) atoms. The summed E-state index contributed by atoms with van der Waals surface area (Å²) in [6, 6.07) is 11.2. The van der Waals surface area contributed by atoms with E-state index in [4.69, 9.17) is 4.74 Å². The fourth-order valence-corrected chi connectivity index (χ4v) is 4.22. The van der Waals surface area contributed by atoms with Gasteiger partial charge in [0.05, 0.1) is 29.2 Å². The summed E-state index contributed by atoms with van der Waals surface area (Å²) >= 11 is 0. The molecule has 11 heteroatoms. The van der Waals surface area contributed by atoms with Crippen LogP contribution in [0.1, 0.15) is 17.3 Å². The molecule has 0 atom stereocenters. The summed E-state index contributed by atoms with van der Waals surface area (Å²) in [5.74, 6) is -0.387. The number of amides is 1. The third kappa shape index (κ3) is 5.30. The van der Waals surface area contributed by atoms with Crippen molar-refractivity contribution in [3.63, 3.8) is 0 Å². The molecule has 0 aromatic heterocycles. The average molecular weight is 449 g/mol. The van der Waals surface area contributed by atoms with Crippen molar-refractivity contribution >= 4 is 33.0 Å². The lowest BCUT2D eigenvalue weighted by Crippen LogP contribution is -2.48. The smallest absolute Gasteiger partial charge is 0.311 e. The Bertz CT molecular complexity index is 1080. The lowest BCUT2D eigenvalue weighted by Gasteiger charge is -2.35. The minimum atomic E-state index is -3.24. The number of sulfonamides is 1. The quantitative estimate of drug-likeness (QED) is 0.509. The van der Waals surface area contributed by atoms with Gasteiger partial charge in [-0.1, -0.05) is 12.1 Å². The number of para-hydroxylation sites is 2. The number of nitrogens with zero attached hydrogens (tertiary/aromatic N) is 3. The molecule has 1 fully saturated rings. The van der Waals surface area contributed by atoms with Gasteiger partial charge in [-0.3, -0.25) is 14.9 Å². The van der Waals surface area contributed by atoms with E-state index in [0.29, 0.717) is 31.9 Å². The van der Waals surface area contributed by atoms with Crippen LogP contribution in [0.4, 0.5) is 17.1 Å². The van der Waals surface area contributed by atoms with Gasteiger partial charge in [0.25, 0.3) is 5.91 Å². The summed E-state index contributed by atoms with van der Waals surface area (Å²) in [7, 11) is -3.24. The normalized spacial score (nSPS) is 14.8. The maximum absolute atomic E-state index is 12.8. The number of carbonyl (C=O) groups excluding carboxylic acids is 1. The number of hydrogen-bond donors (Lipinski definition) is 1. The SMILES string of the molecule is CCOc1ccc(C(=O)Nc2ccccc2N2CCN(S(C)(=O)=O)CC2)cc1[N+](=O)[O-]. The van der Waals surface area contributed by atoms with Gasteiger partial charge in [0.2, 0.25) is 10.0 Å². The first kappa shape index (κ1) is 22.5. The van der Waals surface area contributed by atoms with E-state index in [0.717, 1.165) is 5.69 Å². The molecule has 1 aliphatic rings. The van der Waals surface area contributed by atoms with Crippen molar-refractivity contribution in [3.8, 4) is 5.75 Å². The van der Waals surface area contributed by atoms with Gasteiger partial charge in [0.1, 0.15) is 0 Å². The predicted molar refractivity (Wildman–Crippen MR) is 117 cm³/mol. The Morgan fingerprint density at radius 1 is 1.16 bits per heavy atom. The zero-order valence-electron chi connectivity index (χ0n) is 17.3. The second-order valence-corrected chi connectivity index (χ2v) is 8.98. The molecule has 3 rings (SSSR count). The topological polar surface area (TPSA) is 122 Å². The van der Waals surface area contributed by atoms with Crippen LogP contribution in [-0.4, -0.2) is 62.6 Å². The van der Waals surface area contributed by atoms with Crippen LogP contribution >= 0.6 is 0 Å². The molecule has 10 nitrogen and oxygen atoms in total. The summed E-state index contributed by atoms with van der Waals surface area (Å²) in [4.78, 5) is 25.5. The van der Waals surface area contributed by atoms with Gasteiger partial charge in [-0.05, 0) is 31.2 Å². The zero-order chi connectivity index (χ0) is 22.6. The van der Waals surface area contributed by atoms with E-state index in [1.165, 1.54) is 28.8 Å². The Hall–Kier alpha value is -3.18. The maximum atomic E-state index is 12.8. The van der Waals surface area contributed by atoms with E-state index in [2.05, 4.69) is 5.32 Å². The second-order valence-electron chi connectivity index (χ2n) is 6.99. The molecule has 1 amide bonds. The molecule has 1 heterocycles. The highest BCUT2D eigenvalue weighted by atomic mass is 32.2. The standard InChI is InChI=1S/C20H24N4O6S/c1-3-30-19-9-8-15(14-18(19)24(26)27)20(25)21-16-6-4-5-7-17(16)22-10-12-23(13-11-22)31(2,28)29/h4-9,14H,3,10-13H2,1-2H3,(H,21,25). The molecule has 0 saturated carbocycles. The first-order valence-electron chi connectivity index (χ1n) is 9.72. The minimum absolute atomic E-state index is 0.105. The molecule has 1 aliphatic heterocycles. The van der Waals surface area contributed by atoms with Crippen molar-refractivity contribution in [2.75, 3.05) is 49.3 Å². The van der Waals surface area contributed by atoms with E-state index in [1.54, 1.807) is 19.1 Å². The number of benzene rings is 2. The van der Waals surface area contributed by atoms with E-state index < -0.39 is 20.9 Å². The Kier molecular flexibility index (Phi) is 6.76. The number of nitrogens with one attached hydrogen (secondary N) is 1. The molecule has 2 aromatic carbocycles. The molecule has 0 bridgehead atoms. The highest BCUT2D eigenvalue weighted by Crippen LogP contribution is 2.30. The first-order chi connectivity index (χ1) is 14.7. The molecular weight excluding hydrogens is 424 g/mol. The predicted octanol–water partition coefficient (Wildman–Crippen LogP) is 2.33. The molecule has 0 aliphatic carbocycles. The van der Waals surface area contributed by atoms with Crippen molar-refractivity contribution in [3.05, 3.63) is 58.1 Å². The number of hydrogen-bond acceptors (Lipinski definition) is 7. The molecule has 166 valence electrons. The number of nitro benzene ring substituents is 1. The van der Waals surface area contributed by atoms with E-state index in [9.17, 15) is 23.3 Å². The number of piperazine rings is 1. The Balaban J connectivity index is 1.79. The van der Waals surface area contributed by atoms with Gasteiger partial charge in [-0.25, -0.2) is 8.42 Å². The molecular formula is C20H24N4O6S. The van der Waals surface area contributed by atoms with Gasteiger partial charge in [0.15, 0.2) is 5.75 Å². The molecule has 0 radical (unpaired) electrons. The summed E-state index contributed by atoms with van der Waals surface area (Å²) < 4.78 is 30.1. The average Bonchev–Trinajstić information content (AvgIpc) is 2.74. The number of ether oxygens (including phenoxy) is 1. The summed E-state index contributed by atoms with van der Waals surface area (Å²) in [5.41, 5.74) is 1.15. The fraction of sp³-hybridized carbons (Fsp3) is 0.350. The summed E-state index contributed by atoms with van der Waals surface area (Å²) in [6.45, 7) is 3.66. The lowest BCUT2D eigenvalue weighted by atomic mass is 10.1. The second kappa shape index (κ2) is 9.31. The zero-order valence-corrected chi connectivity index (χ0v) is 18.1. The number of carbonyl (C=O) groups is 1. The molecule has 1 N–H and O–H groups in total. The highest BCUT2D eigenvalue weighted by molar-refractivity contribution is 7.88. The fourth-order valence-electron chi connectivity index (χ4n) is 3.39. The third-order valence-corrected chi connectivity index (χ3v) is 6.22. The molecule has 0 spiro atoms. The van der Waals surface area contributed by atoms with Crippen molar-refractivity contribution in [2.24, 2.45) is 0 Å². The Morgan fingerprint density at radius 3 is 2.45 bits per heavy atom. The van der Waals surface area contributed by atoms with Crippen molar-refractivity contribution < 1.29 is 22.9 Å². The summed E-state index contributed by atoms with van der Waals surface area (Å²) in [5, 5.41) is 14.1. The van der Waals surface area contributed by atoms with Crippen LogP contribution in [-0.2, 0) is 10.0 Å². The Morgan fingerprint density at radius 2 is 1.84 bits per heavy atom. The summed E-state index contributed by atoms with van der Waals surface area (Å²) in [6.07, 6.45) is 1.19. The lowest BCUT2D eigenvalue weighted by molar-refractivity contribution is -0.385. The Labute approximate surface area is 180 Å². The van der Waals surface area contributed by atoms with Crippen molar-refractivity contribution in [1.82, 2.24) is 4.31 Å². The van der Waals surface area contributed by atoms with Crippen LogP contribution in [0.5, 0.6) is 5.75 Å². The highest BCUT2D eigenvalue weighted by Gasteiger charge is 2.25. The van der Waals surface area contributed by atoms with Gasteiger partial charge in [-0.15, -0.1) is 0 Å². The largest absolute Gasteiger partial charge is 0.487 e. The van der Waals surface area contributed by atoms with E-state index in [-0.39, 0.29) is 23.6 Å². The van der Waals surface area contributed by atoms with Gasteiger partial charge < -0.3 is 15.0 Å². The van der Waals surface area contributed by atoms with Gasteiger partial charge >= 0.3 is 5.69 Å². The van der Waals surface area contributed by atoms with E-state index in [1.807, 2.05) is 17.0 Å². The third-order valence-electron chi connectivity index (χ3n) is 4.92. The maximum Gasteiger partial charge on any atom is 0.311 e. The van der Waals surface area contributed by atoms with Crippen molar-refractivity contribution in [2.45, 2.75) is 6.92 Å². The van der Waals surface area contributed by atoms with Crippen LogP contribution in [0.3, 0.4) is 0 Å². The number of anilines is 2. The van der Waals surface area contributed by atoms with Crippen LogP contribution < -0.4 is 15.0 Å². The molecule has 2 aromatic rings. The van der Waals surface area contributed by atoms with Crippen LogP contribution in [0.15, 0.2) is 42.5 Å². The van der Waals surface area contributed by atoms with Gasteiger partial charge in [-0.2, -0.15) is 4.31 Å². The van der Waals surface area contributed by atoms with Crippen LogP contribution in [0.2, 0.25) is 0 Å². The van der Waals surface area contributed by atoms with Crippen LogP contribution in [0, 0.1) is 10.1 Å². The van der Waals surface area contributed by atoms with E-state index >= 15 is 0 Å². The van der Waals surface area contributed by atoms with Crippen LogP contribution in [0.25, 0.3) is 0 Å². The minimum Gasteiger partial charge on any atom is -0.487 e. The van der Waals surface area contributed by atoms with Gasteiger partial charge in [0, 0.05) is 37.8 Å². The van der Waals surface area contributed by atoms with Crippen molar-refractivity contribution in [1.29, 1.82) is 0 Å².